The van der Waals surface area contributed by atoms with Crippen molar-refractivity contribution in [2.24, 2.45) is 0 Å². The molecule has 0 saturated carbocycles. The molecule has 0 amide bonds. The molecule has 0 aromatic carbocycles. The standard InChI is InChI=1S/BH3O3.Li.Na.2H/c2-1(3)4;;;;/h2-4H;;;;. The van der Waals surface area contributed by atoms with E-state index >= 15 is 0 Å². The van der Waals surface area contributed by atoms with E-state index < -0.39 is 7.32 Å². The molecular weight excluding hydrogens is 88.7 g/mol. The van der Waals surface area contributed by atoms with Gasteiger partial charge in [0.15, 0.2) is 0 Å². The van der Waals surface area contributed by atoms with Crippen molar-refractivity contribution in [3.8, 4) is 0 Å². The van der Waals surface area contributed by atoms with Crippen molar-refractivity contribution >= 4 is 55.7 Å². The first-order valence-electron chi connectivity index (χ1n) is 0.775. The van der Waals surface area contributed by atoms with Crippen LogP contribution < -0.4 is 0 Å². The van der Waals surface area contributed by atoms with Gasteiger partial charge in [0.05, 0.1) is 0 Å². The fraction of sp³-hybridized carbons (Fsp3) is 0. The summed E-state index contributed by atoms with van der Waals surface area (Å²) in [5, 5.41) is 21.5. The van der Waals surface area contributed by atoms with Crippen molar-refractivity contribution in [1.82, 2.24) is 0 Å². The van der Waals surface area contributed by atoms with Crippen LogP contribution in [0, 0.1) is 0 Å². The van der Waals surface area contributed by atoms with Gasteiger partial charge in [-0.1, -0.05) is 0 Å². The Bertz CT molecular complexity index is 15.5. The first-order chi connectivity index (χ1) is 1.73. The summed E-state index contributed by atoms with van der Waals surface area (Å²) in [6, 6.07) is 0. The first-order valence-corrected chi connectivity index (χ1v) is 0.775. The summed E-state index contributed by atoms with van der Waals surface area (Å²) in [7, 11) is -2.17. The van der Waals surface area contributed by atoms with Gasteiger partial charge in [0, 0.05) is 0 Å². The van der Waals surface area contributed by atoms with Crippen molar-refractivity contribution in [2.75, 3.05) is 0 Å². The quantitative estimate of drug-likeness (QED) is 0.275. The molecular formula is H5BLiNaO3. The summed E-state index contributed by atoms with van der Waals surface area (Å²) in [5.41, 5.74) is 0. The Labute approximate surface area is 70.4 Å². The summed E-state index contributed by atoms with van der Waals surface area (Å²) in [6.45, 7) is 0. The number of rotatable bonds is 0. The Morgan fingerprint density at radius 3 is 1.00 bits per heavy atom. The van der Waals surface area contributed by atoms with Crippen molar-refractivity contribution in [2.45, 2.75) is 0 Å². The fourth-order valence-electron chi connectivity index (χ4n) is 0. The summed E-state index contributed by atoms with van der Waals surface area (Å²) < 4.78 is 0. The Balaban J connectivity index is -0.0000000450. The molecule has 0 bridgehead atoms. The van der Waals surface area contributed by atoms with Crippen LogP contribution in [0.5, 0.6) is 0 Å². The minimum absolute atomic E-state index is 0. The van der Waals surface area contributed by atoms with Crippen molar-refractivity contribution < 1.29 is 15.1 Å². The molecule has 0 aromatic rings. The number of hydrogen-bond donors (Lipinski definition) is 3. The van der Waals surface area contributed by atoms with E-state index in [2.05, 4.69) is 0 Å². The maximum atomic E-state index is 7.17. The predicted octanol–water partition coefficient (Wildman–Crippen LogP) is -3.35. The molecule has 0 saturated heterocycles. The van der Waals surface area contributed by atoms with Gasteiger partial charge in [-0.3, -0.25) is 0 Å². The maximum absolute atomic E-state index is 7.17. The van der Waals surface area contributed by atoms with Gasteiger partial charge in [-0.25, -0.2) is 0 Å². The molecule has 0 rings (SSSR count). The van der Waals surface area contributed by atoms with Gasteiger partial charge in [0.2, 0.25) is 0 Å². The summed E-state index contributed by atoms with van der Waals surface area (Å²) >= 11 is 0. The van der Waals surface area contributed by atoms with Gasteiger partial charge >= 0.3 is 55.7 Å². The van der Waals surface area contributed by atoms with Crippen molar-refractivity contribution in [3.63, 3.8) is 0 Å². The SMILES string of the molecule is OB(O)O.[LiH].[NaH]. The average molecular weight is 93.8 g/mol. The molecule has 0 spiro atoms. The van der Waals surface area contributed by atoms with Crippen LogP contribution in [-0.4, -0.2) is 70.8 Å². The monoisotopic (exact) mass is 94.0 g/mol. The third kappa shape index (κ3) is 48.1. The molecule has 0 radical (unpaired) electrons. The summed E-state index contributed by atoms with van der Waals surface area (Å²) in [5.74, 6) is 0. The van der Waals surface area contributed by atoms with E-state index in [4.69, 9.17) is 15.1 Å². The van der Waals surface area contributed by atoms with Gasteiger partial charge in [0.1, 0.15) is 0 Å². The topological polar surface area (TPSA) is 60.7 Å². The van der Waals surface area contributed by atoms with Gasteiger partial charge in [0.25, 0.3) is 0 Å². The third-order valence-electron chi connectivity index (χ3n) is 0. The van der Waals surface area contributed by atoms with Gasteiger partial charge in [-0.05, 0) is 0 Å². The van der Waals surface area contributed by atoms with Crippen LogP contribution in [0.15, 0.2) is 0 Å². The Morgan fingerprint density at radius 1 is 1.00 bits per heavy atom. The van der Waals surface area contributed by atoms with E-state index in [1.807, 2.05) is 0 Å². The molecule has 0 fully saturated rings. The Hall–Kier alpha value is 1.54. The Morgan fingerprint density at radius 2 is 1.00 bits per heavy atom. The number of hydrogen-bond acceptors (Lipinski definition) is 3. The van der Waals surface area contributed by atoms with E-state index in [1.54, 1.807) is 0 Å². The van der Waals surface area contributed by atoms with Crippen LogP contribution in [0.2, 0.25) is 0 Å². The molecule has 0 atom stereocenters. The van der Waals surface area contributed by atoms with Gasteiger partial charge < -0.3 is 15.1 Å². The van der Waals surface area contributed by atoms with E-state index in [0.717, 1.165) is 0 Å². The normalized spacial score (nSPS) is 4.50. The van der Waals surface area contributed by atoms with Crippen LogP contribution >= 0.6 is 0 Å². The van der Waals surface area contributed by atoms with Crippen LogP contribution in [0.3, 0.4) is 0 Å². The zero-order chi connectivity index (χ0) is 3.58. The minimum atomic E-state index is -2.17. The summed E-state index contributed by atoms with van der Waals surface area (Å²) in [6.07, 6.45) is 0. The van der Waals surface area contributed by atoms with E-state index in [-0.39, 0.29) is 48.4 Å². The van der Waals surface area contributed by atoms with Crippen LogP contribution in [0.1, 0.15) is 0 Å². The molecule has 0 aromatic heterocycles. The molecule has 6 heavy (non-hydrogen) atoms. The zero-order valence-electron chi connectivity index (χ0n) is 1.92. The third-order valence-corrected chi connectivity index (χ3v) is 0. The zero-order valence-corrected chi connectivity index (χ0v) is 1.92. The molecule has 28 valence electrons. The van der Waals surface area contributed by atoms with Crippen LogP contribution in [0.4, 0.5) is 0 Å². The van der Waals surface area contributed by atoms with Gasteiger partial charge in [-0.2, -0.15) is 0 Å². The van der Waals surface area contributed by atoms with Crippen LogP contribution in [-0.2, 0) is 0 Å². The molecule has 0 heterocycles. The van der Waals surface area contributed by atoms with E-state index in [9.17, 15) is 0 Å². The van der Waals surface area contributed by atoms with Gasteiger partial charge in [-0.15, -0.1) is 0 Å². The molecule has 0 unspecified atom stereocenters. The predicted molar refractivity (Wildman–Crippen MR) is 26.7 cm³/mol. The summed E-state index contributed by atoms with van der Waals surface area (Å²) in [4.78, 5) is 0. The van der Waals surface area contributed by atoms with Crippen molar-refractivity contribution in [3.05, 3.63) is 0 Å². The molecule has 6 heteroatoms. The molecule has 0 aliphatic carbocycles. The molecule has 3 nitrogen and oxygen atoms in total. The van der Waals surface area contributed by atoms with Crippen molar-refractivity contribution in [1.29, 1.82) is 0 Å². The molecule has 0 aliphatic heterocycles. The Kier molecular flexibility index (Phi) is 25.4. The van der Waals surface area contributed by atoms with E-state index in [1.165, 1.54) is 0 Å². The fourth-order valence-corrected chi connectivity index (χ4v) is 0. The van der Waals surface area contributed by atoms with Crippen LogP contribution in [0.25, 0.3) is 0 Å². The second kappa shape index (κ2) is 9.74. The second-order valence-corrected chi connectivity index (χ2v) is 0.346. The molecule has 3 N–H and O–H groups in total. The molecule has 0 aliphatic rings. The second-order valence-electron chi connectivity index (χ2n) is 0.346. The van der Waals surface area contributed by atoms with E-state index in [0.29, 0.717) is 0 Å². The average Bonchev–Trinajstić information content (AvgIpc) is 0.811. The first kappa shape index (κ1) is 15.6.